The Morgan fingerprint density at radius 1 is 0.729 bits per heavy atom. The number of amides is 1. The van der Waals surface area contributed by atoms with Crippen molar-refractivity contribution in [2.45, 2.75) is 18.7 Å². The van der Waals surface area contributed by atoms with Crippen LogP contribution in [0.1, 0.15) is 30.5 Å². The minimum Gasteiger partial charge on any atom is -0.335 e. The molecule has 0 N–H and O–H groups in total. The molecule has 3 heterocycles. The van der Waals surface area contributed by atoms with Crippen molar-refractivity contribution in [2.75, 3.05) is 24.5 Å². The van der Waals surface area contributed by atoms with Crippen LogP contribution in [0.2, 0.25) is 0 Å². The van der Waals surface area contributed by atoms with Gasteiger partial charge in [-0.2, -0.15) is 0 Å². The maximum absolute atomic E-state index is 14.4. The zero-order chi connectivity index (χ0) is 33.0. The van der Waals surface area contributed by atoms with Crippen LogP contribution < -0.4 is 4.90 Å². The van der Waals surface area contributed by atoms with Gasteiger partial charge in [0.15, 0.2) is 6.54 Å². The Morgan fingerprint density at radius 2 is 1.35 bits per heavy atom. The highest BCUT2D eigenvalue weighted by Gasteiger charge is 2.40. The summed E-state index contributed by atoms with van der Waals surface area (Å²) in [6, 6.07) is 40.0. The van der Waals surface area contributed by atoms with Gasteiger partial charge in [-0.3, -0.25) is 0 Å². The van der Waals surface area contributed by atoms with Crippen LogP contribution in [0.5, 0.6) is 0 Å². The molecule has 4 aromatic carbocycles. The molecule has 0 fully saturated rings. The first-order chi connectivity index (χ1) is 23.6. The second-order valence-corrected chi connectivity index (χ2v) is 14.4. The Bertz CT molecular complexity index is 2030. The summed E-state index contributed by atoms with van der Waals surface area (Å²) in [7, 11) is 0. The van der Waals surface area contributed by atoms with E-state index in [-0.39, 0.29) is 5.91 Å². The number of thioether (sulfide) groups is 3. The topological polar surface area (TPSA) is 26.6 Å². The number of rotatable bonds is 9. The fourth-order valence-electron chi connectivity index (χ4n) is 6.15. The molecular weight excluding hydrogens is 647 g/mol. The van der Waals surface area contributed by atoms with E-state index in [4.69, 9.17) is 0 Å². The summed E-state index contributed by atoms with van der Waals surface area (Å²) in [6.45, 7) is 10.4. The fourth-order valence-corrected chi connectivity index (χ4v) is 9.81. The number of benzene rings is 4. The average molecular weight is 683 g/mol. The highest BCUT2D eigenvalue weighted by atomic mass is 32.2. The Morgan fingerprint density at radius 3 is 2.02 bits per heavy atom. The van der Waals surface area contributed by atoms with Gasteiger partial charge in [-0.25, -0.2) is 4.79 Å². The molecule has 0 aliphatic carbocycles. The Labute approximate surface area is 295 Å². The summed E-state index contributed by atoms with van der Waals surface area (Å²) in [5.74, 6) is -0.00316. The number of allylic oxidation sites excluding steroid dienone is 2. The molecule has 7 heteroatoms. The largest absolute Gasteiger partial charge is 0.428 e. The Balaban J connectivity index is 1.33. The zero-order valence-electron chi connectivity index (χ0n) is 27.0. The summed E-state index contributed by atoms with van der Waals surface area (Å²) in [5.41, 5.74) is 6.70. The van der Waals surface area contributed by atoms with E-state index in [1.807, 2.05) is 28.9 Å². The molecule has 0 radical (unpaired) electrons. The molecule has 0 unspecified atom stereocenters. The lowest BCUT2D eigenvalue weighted by molar-refractivity contribution is -0.428. The first-order valence-electron chi connectivity index (χ1n) is 16.2. The molecule has 3 aliphatic heterocycles. The summed E-state index contributed by atoms with van der Waals surface area (Å²) >= 11 is 5.08. The van der Waals surface area contributed by atoms with Gasteiger partial charge in [-0.15, -0.1) is 4.58 Å². The molecule has 0 saturated carbocycles. The predicted molar refractivity (Wildman–Crippen MR) is 207 cm³/mol. The molecule has 3 aliphatic rings. The van der Waals surface area contributed by atoms with Gasteiger partial charge in [0.2, 0.25) is 0 Å². The number of carbonyl (C=O) groups is 1. The number of carbonyl (C=O) groups excluding carboxylic acids is 1. The number of para-hydroxylation sites is 1. The summed E-state index contributed by atoms with van der Waals surface area (Å²) in [6.07, 6.45) is 6.21. The van der Waals surface area contributed by atoms with Crippen LogP contribution in [0.25, 0.3) is 16.2 Å². The smallest absolute Gasteiger partial charge is 0.335 e. The predicted octanol–water partition coefficient (Wildman–Crippen LogP) is 10.2. The van der Waals surface area contributed by atoms with Crippen LogP contribution in [-0.2, 0) is 4.79 Å². The van der Waals surface area contributed by atoms with Gasteiger partial charge in [0, 0.05) is 34.5 Å². The molecule has 0 atom stereocenters. The molecule has 238 valence electrons. The van der Waals surface area contributed by atoms with Crippen LogP contribution >= 0.6 is 35.3 Å². The van der Waals surface area contributed by atoms with Gasteiger partial charge in [0.1, 0.15) is 4.91 Å². The number of hydrogen-bond donors (Lipinski definition) is 0. The fraction of sp³-hybridized carbons (Fsp3) is 0.122. The van der Waals surface area contributed by atoms with Crippen molar-refractivity contribution in [3.63, 3.8) is 0 Å². The SMILES string of the molecule is C=CC[N+]1=C(/C=C2\SC(c3ccccc3)=C(c3ccccc3)N2CC)S/C(=C(/C=C2\Sc3ccccc3N2CC)c2ccccc2)C1=O. The highest BCUT2D eigenvalue weighted by Crippen LogP contribution is 2.51. The molecule has 4 aromatic rings. The lowest BCUT2D eigenvalue weighted by Crippen LogP contribution is -2.22. The van der Waals surface area contributed by atoms with Gasteiger partial charge in [-0.05, 0) is 66.6 Å². The first-order valence-corrected chi connectivity index (χ1v) is 18.6. The lowest BCUT2D eigenvalue weighted by Gasteiger charge is -2.21. The van der Waals surface area contributed by atoms with Gasteiger partial charge in [-0.1, -0.05) is 133 Å². The summed E-state index contributed by atoms with van der Waals surface area (Å²) in [4.78, 5) is 22.3. The van der Waals surface area contributed by atoms with Crippen molar-refractivity contribution in [1.29, 1.82) is 0 Å². The average Bonchev–Trinajstić information content (AvgIpc) is 3.79. The van der Waals surface area contributed by atoms with Gasteiger partial charge in [0.25, 0.3) is 5.04 Å². The van der Waals surface area contributed by atoms with Crippen LogP contribution in [-0.4, -0.2) is 40.1 Å². The van der Waals surface area contributed by atoms with Crippen LogP contribution in [0.3, 0.4) is 0 Å². The minimum atomic E-state index is -0.00316. The van der Waals surface area contributed by atoms with E-state index in [0.29, 0.717) is 6.54 Å². The molecule has 0 bridgehead atoms. The van der Waals surface area contributed by atoms with E-state index in [9.17, 15) is 4.79 Å². The van der Waals surface area contributed by atoms with E-state index in [2.05, 4.69) is 139 Å². The van der Waals surface area contributed by atoms with Crippen molar-refractivity contribution in [3.8, 4) is 0 Å². The molecule has 4 nitrogen and oxygen atoms in total. The third kappa shape index (κ3) is 6.14. The lowest BCUT2D eigenvalue weighted by atomic mass is 10.0. The van der Waals surface area contributed by atoms with E-state index >= 15 is 0 Å². The van der Waals surface area contributed by atoms with Gasteiger partial charge >= 0.3 is 5.91 Å². The monoisotopic (exact) mass is 682 g/mol. The van der Waals surface area contributed by atoms with E-state index in [0.717, 1.165) is 44.2 Å². The number of fused-ring (bicyclic) bond motifs is 1. The van der Waals surface area contributed by atoms with Crippen molar-refractivity contribution < 1.29 is 9.37 Å². The summed E-state index contributed by atoms with van der Waals surface area (Å²) < 4.78 is 1.87. The highest BCUT2D eigenvalue weighted by molar-refractivity contribution is 8.19. The third-order valence-corrected chi connectivity index (χ3v) is 11.8. The second-order valence-electron chi connectivity index (χ2n) is 11.3. The van der Waals surface area contributed by atoms with Crippen molar-refractivity contribution in [2.24, 2.45) is 0 Å². The molecule has 0 spiro atoms. The van der Waals surface area contributed by atoms with E-state index in [1.54, 1.807) is 35.3 Å². The number of anilines is 1. The molecule has 7 rings (SSSR count). The Hall–Kier alpha value is -4.43. The van der Waals surface area contributed by atoms with Gasteiger partial charge in [0.05, 0.1) is 21.4 Å². The zero-order valence-corrected chi connectivity index (χ0v) is 29.5. The van der Waals surface area contributed by atoms with Crippen molar-refractivity contribution in [1.82, 2.24) is 4.90 Å². The van der Waals surface area contributed by atoms with Crippen LogP contribution in [0.4, 0.5) is 5.69 Å². The molecule has 48 heavy (non-hydrogen) atoms. The quantitative estimate of drug-likeness (QED) is 0.0991. The standard InChI is InChI=1S/C41H36N3OS3/c1-4-26-44-37(28-36-43(6-3)38(30-20-12-8-13-21-30)39(47-36)31-22-14-9-15-23-31)48-40(41(44)45)32(29-18-10-7-11-19-29)27-35-42(5-2)33-24-16-17-25-34(33)46-35/h4,7-25,27-28H,1,5-6,26H2,2-3H3/q+1/b35-27-,40-32-. The normalized spacial score (nSPS) is 18.8. The van der Waals surface area contributed by atoms with Crippen LogP contribution in [0, 0.1) is 0 Å². The van der Waals surface area contributed by atoms with Gasteiger partial charge < -0.3 is 9.80 Å². The third-order valence-electron chi connectivity index (χ3n) is 8.38. The second kappa shape index (κ2) is 14.4. The number of hydrogen-bond acceptors (Lipinski definition) is 6. The Kier molecular flexibility index (Phi) is 9.61. The summed E-state index contributed by atoms with van der Waals surface area (Å²) in [5, 5.41) is 3.12. The first kappa shape index (κ1) is 32.1. The number of nitrogens with zero attached hydrogens (tertiary/aromatic N) is 3. The minimum absolute atomic E-state index is 0.00316. The molecular formula is C41H36N3OS3+. The maximum Gasteiger partial charge on any atom is 0.428 e. The maximum atomic E-state index is 14.4. The molecule has 0 saturated heterocycles. The van der Waals surface area contributed by atoms with Crippen molar-refractivity contribution >= 4 is 68.1 Å². The molecule has 1 amide bonds. The van der Waals surface area contributed by atoms with E-state index < -0.39 is 0 Å². The van der Waals surface area contributed by atoms with Crippen molar-refractivity contribution in [3.05, 3.63) is 172 Å². The van der Waals surface area contributed by atoms with Crippen LogP contribution in [0.15, 0.2) is 160 Å². The molecule has 0 aromatic heterocycles. The van der Waals surface area contributed by atoms with E-state index in [1.165, 1.54) is 32.3 Å².